The van der Waals surface area contributed by atoms with Gasteiger partial charge in [-0.25, -0.2) is 0 Å². The number of aromatic nitrogens is 2. The van der Waals surface area contributed by atoms with Crippen molar-refractivity contribution in [3.05, 3.63) is 22.1 Å². The van der Waals surface area contributed by atoms with Gasteiger partial charge in [-0.3, -0.25) is 0 Å². The number of aryl methyl sites for hydroxylation is 1. The summed E-state index contributed by atoms with van der Waals surface area (Å²) < 4.78 is 1.51. The number of halogens is 1. The molecule has 1 aromatic heterocycles. The van der Waals surface area contributed by atoms with E-state index in [1.54, 1.807) is 6.92 Å². The average molecular weight is 237 g/mol. The monoisotopic (exact) mass is 236 g/mol. The average Bonchev–Trinajstić information content (AvgIpc) is 2.48. The third-order valence-electron chi connectivity index (χ3n) is 1.83. The first-order valence-corrected chi connectivity index (χ1v) is 4.11. The molecule has 86 valence electrons. The van der Waals surface area contributed by atoms with E-state index in [1.165, 1.54) is 10.8 Å². The molecule has 1 atom stereocenters. The predicted octanol–water partition coefficient (Wildman–Crippen LogP) is -0.159. The first-order valence-electron chi connectivity index (χ1n) is 4.11. The molecule has 1 aromatic rings. The van der Waals surface area contributed by atoms with Gasteiger partial charge >= 0.3 is 5.82 Å². The van der Waals surface area contributed by atoms with Gasteiger partial charge in [0.05, 0.1) is 12.6 Å². The van der Waals surface area contributed by atoms with E-state index in [9.17, 15) is 15.2 Å². The molecule has 0 fully saturated rings. The molecule has 0 bridgehead atoms. The molecule has 15 heavy (non-hydrogen) atoms. The van der Waals surface area contributed by atoms with Crippen molar-refractivity contribution in [3.63, 3.8) is 0 Å². The summed E-state index contributed by atoms with van der Waals surface area (Å²) >= 11 is 0. The molecular formula is C7H13ClN4O3. The number of nitrogens with zero attached hydrogens (tertiary/aromatic N) is 3. The van der Waals surface area contributed by atoms with Crippen molar-refractivity contribution in [2.24, 2.45) is 5.73 Å². The first kappa shape index (κ1) is 13.8. The molecule has 1 heterocycles. The lowest BCUT2D eigenvalue weighted by Crippen LogP contribution is -2.25. The van der Waals surface area contributed by atoms with Gasteiger partial charge in [0.2, 0.25) is 5.82 Å². The summed E-state index contributed by atoms with van der Waals surface area (Å²) in [6.45, 7) is 1.98. The molecule has 1 rings (SSSR count). The highest BCUT2D eigenvalue weighted by Crippen LogP contribution is 2.10. The summed E-state index contributed by atoms with van der Waals surface area (Å²) in [4.78, 5) is 13.5. The van der Waals surface area contributed by atoms with E-state index in [2.05, 4.69) is 4.98 Å². The second-order valence-electron chi connectivity index (χ2n) is 2.95. The van der Waals surface area contributed by atoms with Gasteiger partial charge in [0.25, 0.3) is 0 Å². The van der Waals surface area contributed by atoms with Gasteiger partial charge < -0.3 is 25.5 Å². The Balaban J connectivity index is 0.00000196. The fourth-order valence-corrected chi connectivity index (χ4v) is 1.07. The number of rotatable bonds is 4. The highest BCUT2D eigenvalue weighted by atomic mass is 35.5. The Hall–Kier alpha value is -1.18. The van der Waals surface area contributed by atoms with Crippen LogP contribution in [0.5, 0.6) is 0 Å². The fraction of sp³-hybridized carbons (Fsp3) is 0.571. The molecule has 0 aliphatic heterocycles. The minimum atomic E-state index is -0.706. The van der Waals surface area contributed by atoms with Gasteiger partial charge in [0.1, 0.15) is 6.20 Å². The third kappa shape index (κ3) is 3.46. The van der Waals surface area contributed by atoms with E-state index in [0.29, 0.717) is 5.82 Å². The molecule has 0 saturated carbocycles. The lowest BCUT2D eigenvalue weighted by Gasteiger charge is -2.07. The summed E-state index contributed by atoms with van der Waals surface area (Å²) in [6.07, 6.45) is 0.580. The Labute approximate surface area is 92.5 Å². The number of nitro groups is 1. The summed E-state index contributed by atoms with van der Waals surface area (Å²) in [6, 6.07) is 0. The van der Waals surface area contributed by atoms with Gasteiger partial charge in [-0.1, -0.05) is 0 Å². The molecule has 0 aromatic carbocycles. The maximum absolute atomic E-state index is 10.4. The van der Waals surface area contributed by atoms with Crippen molar-refractivity contribution in [1.82, 2.24) is 9.55 Å². The molecule has 3 N–H and O–H groups in total. The summed E-state index contributed by atoms with van der Waals surface area (Å²) in [5.74, 6) is 0.274. The minimum absolute atomic E-state index is 0. The number of nitrogens with two attached hydrogens (primary N) is 1. The van der Waals surface area contributed by atoms with E-state index in [0.717, 1.165) is 0 Å². The number of aliphatic hydroxyl groups excluding tert-OH is 1. The van der Waals surface area contributed by atoms with Gasteiger partial charge in [-0.15, -0.1) is 12.4 Å². The van der Waals surface area contributed by atoms with E-state index in [4.69, 9.17) is 5.73 Å². The van der Waals surface area contributed by atoms with Crippen LogP contribution in [0.4, 0.5) is 5.82 Å². The standard InChI is InChI=1S/C7H12N4O3.ClH/c1-5-9-7(11(13)14)4-10(5)3-6(12)2-8;/h4,6,12H,2-3,8H2,1H3;1H. The third-order valence-corrected chi connectivity index (χ3v) is 1.83. The summed E-state index contributed by atoms with van der Waals surface area (Å²) in [5.41, 5.74) is 5.22. The van der Waals surface area contributed by atoms with Crippen LogP contribution in [0, 0.1) is 17.0 Å². The Morgan fingerprint density at radius 3 is 2.80 bits per heavy atom. The van der Waals surface area contributed by atoms with Gasteiger partial charge in [0.15, 0.2) is 0 Å². The van der Waals surface area contributed by atoms with Crippen LogP contribution >= 0.6 is 12.4 Å². The smallest absolute Gasteiger partial charge is 0.381 e. The van der Waals surface area contributed by atoms with Crippen molar-refractivity contribution in [2.75, 3.05) is 6.54 Å². The number of hydrogen-bond acceptors (Lipinski definition) is 5. The van der Waals surface area contributed by atoms with Gasteiger partial charge in [-0.05, 0) is 9.91 Å². The van der Waals surface area contributed by atoms with Crippen LogP contribution in [-0.4, -0.2) is 32.2 Å². The lowest BCUT2D eigenvalue weighted by molar-refractivity contribution is -0.389. The van der Waals surface area contributed by atoms with E-state index in [1.807, 2.05) is 0 Å². The Bertz CT molecular complexity index is 341. The van der Waals surface area contributed by atoms with Crippen molar-refractivity contribution in [3.8, 4) is 0 Å². The van der Waals surface area contributed by atoms with E-state index < -0.39 is 11.0 Å². The Morgan fingerprint density at radius 1 is 1.80 bits per heavy atom. The van der Waals surface area contributed by atoms with Crippen LogP contribution in [0.15, 0.2) is 6.20 Å². The molecule has 0 amide bonds. The maximum Gasteiger partial charge on any atom is 0.381 e. The number of imidazole rings is 1. The number of aliphatic hydroxyl groups is 1. The summed E-state index contributed by atoms with van der Waals surface area (Å²) in [5, 5.41) is 19.6. The molecule has 7 nitrogen and oxygen atoms in total. The second-order valence-corrected chi connectivity index (χ2v) is 2.95. The van der Waals surface area contributed by atoms with E-state index in [-0.39, 0.29) is 31.3 Å². The van der Waals surface area contributed by atoms with Crippen molar-refractivity contribution in [1.29, 1.82) is 0 Å². The van der Waals surface area contributed by atoms with Crippen molar-refractivity contribution >= 4 is 18.2 Å². The van der Waals surface area contributed by atoms with Crippen LogP contribution < -0.4 is 5.73 Å². The number of hydrogen-bond donors (Lipinski definition) is 2. The Kier molecular flexibility index (Phi) is 5.20. The van der Waals surface area contributed by atoms with Crippen LogP contribution in [0.3, 0.4) is 0 Å². The topological polar surface area (TPSA) is 107 Å². The largest absolute Gasteiger partial charge is 0.390 e. The van der Waals surface area contributed by atoms with Gasteiger partial charge in [-0.2, -0.15) is 0 Å². The maximum atomic E-state index is 10.4. The fourth-order valence-electron chi connectivity index (χ4n) is 1.07. The second kappa shape index (κ2) is 5.64. The zero-order chi connectivity index (χ0) is 10.7. The quantitative estimate of drug-likeness (QED) is 0.558. The zero-order valence-electron chi connectivity index (χ0n) is 8.16. The van der Waals surface area contributed by atoms with Crippen LogP contribution in [0.25, 0.3) is 0 Å². The zero-order valence-corrected chi connectivity index (χ0v) is 8.98. The van der Waals surface area contributed by atoms with Gasteiger partial charge in [0, 0.05) is 13.5 Å². The summed E-state index contributed by atoms with van der Waals surface area (Å²) in [7, 11) is 0. The first-order chi connectivity index (χ1) is 6.54. The van der Waals surface area contributed by atoms with Crippen molar-refractivity contribution < 1.29 is 10.0 Å². The highest BCUT2D eigenvalue weighted by Gasteiger charge is 2.16. The molecule has 8 heteroatoms. The normalized spacial score (nSPS) is 11.9. The minimum Gasteiger partial charge on any atom is -0.390 e. The predicted molar refractivity (Wildman–Crippen MR) is 55.9 cm³/mol. The molecule has 0 radical (unpaired) electrons. The molecular weight excluding hydrogens is 224 g/mol. The van der Waals surface area contributed by atoms with Crippen LogP contribution in [-0.2, 0) is 6.54 Å². The molecule has 0 aliphatic rings. The van der Waals surface area contributed by atoms with E-state index >= 15 is 0 Å². The van der Waals surface area contributed by atoms with Crippen LogP contribution in [0.2, 0.25) is 0 Å². The molecule has 0 saturated heterocycles. The molecule has 0 spiro atoms. The Morgan fingerprint density at radius 2 is 2.40 bits per heavy atom. The van der Waals surface area contributed by atoms with Crippen LogP contribution in [0.1, 0.15) is 5.82 Å². The molecule has 1 unspecified atom stereocenters. The lowest BCUT2D eigenvalue weighted by atomic mass is 10.3. The van der Waals surface area contributed by atoms with Crippen molar-refractivity contribution in [2.45, 2.75) is 19.6 Å². The SMILES string of the molecule is Cc1nc([N+](=O)[O-])cn1CC(O)CN.Cl. The highest BCUT2D eigenvalue weighted by molar-refractivity contribution is 5.85. The molecule has 0 aliphatic carbocycles.